The molecular weight excluding hydrogens is 292 g/mol. The van der Waals surface area contributed by atoms with Crippen molar-refractivity contribution in [2.45, 2.75) is 6.92 Å². The molecule has 0 aliphatic heterocycles. The zero-order valence-electron chi connectivity index (χ0n) is 9.77. The smallest absolute Gasteiger partial charge is 0.146 e. The molecule has 0 aliphatic rings. The van der Waals surface area contributed by atoms with Crippen LogP contribution >= 0.6 is 15.9 Å². The Labute approximate surface area is 114 Å². The first-order valence-corrected chi connectivity index (χ1v) is 6.14. The van der Waals surface area contributed by atoms with Crippen LogP contribution in [0.2, 0.25) is 0 Å². The van der Waals surface area contributed by atoms with Gasteiger partial charge in [0.05, 0.1) is 0 Å². The van der Waals surface area contributed by atoms with Crippen molar-refractivity contribution in [1.82, 2.24) is 0 Å². The highest BCUT2D eigenvalue weighted by atomic mass is 79.9. The van der Waals surface area contributed by atoms with E-state index in [9.17, 15) is 0 Å². The number of halogens is 1. The third kappa shape index (κ3) is 2.31. The number of nitrogens with zero attached hydrogens (tertiary/aromatic N) is 1. The molecule has 0 fully saturated rings. The number of rotatable bonds is 2. The fourth-order valence-electron chi connectivity index (χ4n) is 1.56. The van der Waals surface area contributed by atoms with Crippen LogP contribution in [0.1, 0.15) is 11.1 Å². The van der Waals surface area contributed by atoms with Gasteiger partial charge in [0.15, 0.2) is 0 Å². The summed E-state index contributed by atoms with van der Waals surface area (Å²) in [6.07, 6.45) is 0. The number of anilines is 1. The molecule has 18 heavy (non-hydrogen) atoms. The summed E-state index contributed by atoms with van der Waals surface area (Å²) in [5.41, 5.74) is 7.82. The predicted octanol–water partition coefficient (Wildman–Crippen LogP) is 4.00. The van der Waals surface area contributed by atoms with E-state index in [0.717, 1.165) is 5.56 Å². The second-order valence-electron chi connectivity index (χ2n) is 3.80. The van der Waals surface area contributed by atoms with E-state index < -0.39 is 0 Å². The predicted molar refractivity (Wildman–Crippen MR) is 74.5 cm³/mol. The number of benzene rings is 2. The summed E-state index contributed by atoms with van der Waals surface area (Å²) < 4.78 is 6.47. The minimum atomic E-state index is 0.472. The van der Waals surface area contributed by atoms with Crippen molar-refractivity contribution in [3.63, 3.8) is 0 Å². The lowest BCUT2D eigenvalue weighted by Crippen LogP contribution is -1.95. The molecule has 4 heteroatoms. The molecule has 0 aliphatic carbocycles. The van der Waals surface area contributed by atoms with Crippen molar-refractivity contribution < 1.29 is 4.74 Å². The van der Waals surface area contributed by atoms with Gasteiger partial charge < -0.3 is 10.5 Å². The van der Waals surface area contributed by atoms with Gasteiger partial charge in [0, 0.05) is 15.7 Å². The first kappa shape index (κ1) is 12.5. The molecule has 3 nitrogen and oxygen atoms in total. The molecule has 0 radical (unpaired) electrons. The van der Waals surface area contributed by atoms with Gasteiger partial charge in [-0.3, -0.25) is 0 Å². The molecule has 0 heterocycles. The molecular formula is C14H11BrN2O. The van der Waals surface area contributed by atoms with Crippen LogP contribution in [-0.4, -0.2) is 0 Å². The molecule has 0 spiro atoms. The first-order valence-electron chi connectivity index (χ1n) is 5.35. The van der Waals surface area contributed by atoms with Crippen LogP contribution in [0.25, 0.3) is 0 Å². The molecule has 2 aromatic carbocycles. The molecule has 0 aromatic heterocycles. The van der Waals surface area contributed by atoms with Crippen molar-refractivity contribution in [2.75, 3.05) is 5.73 Å². The van der Waals surface area contributed by atoms with E-state index in [2.05, 4.69) is 22.0 Å². The van der Waals surface area contributed by atoms with Crippen LogP contribution < -0.4 is 10.5 Å². The van der Waals surface area contributed by atoms with Crippen LogP contribution in [0.5, 0.6) is 11.5 Å². The van der Waals surface area contributed by atoms with Crippen molar-refractivity contribution >= 4 is 21.6 Å². The highest BCUT2D eigenvalue weighted by molar-refractivity contribution is 9.10. The maximum Gasteiger partial charge on any atom is 0.146 e. The number of hydrogen-bond acceptors (Lipinski definition) is 3. The van der Waals surface area contributed by atoms with Gasteiger partial charge in [0.2, 0.25) is 0 Å². The lowest BCUT2D eigenvalue weighted by atomic mass is 10.2. The zero-order valence-corrected chi connectivity index (χ0v) is 11.4. The molecule has 0 atom stereocenters. The molecule has 0 bridgehead atoms. The van der Waals surface area contributed by atoms with E-state index in [1.165, 1.54) is 0 Å². The van der Waals surface area contributed by atoms with Crippen molar-refractivity contribution in [3.8, 4) is 17.6 Å². The Morgan fingerprint density at radius 1 is 1.17 bits per heavy atom. The summed E-state index contributed by atoms with van der Waals surface area (Å²) in [4.78, 5) is 0. The quantitative estimate of drug-likeness (QED) is 0.853. The van der Waals surface area contributed by atoms with Gasteiger partial charge in [-0.15, -0.1) is 0 Å². The lowest BCUT2D eigenvalue weighted by molar-refractivity contribution is 0.477. The van der Waals surface area contributed by atoms with Crippen molar-refractivity contribution in [3.05, 3.63) is 52.0 Å². The Balaban J connectivity index is 2.44. The number of nitrogens with two attached hydrogens (primary N) is 1. The fourth-order valence-corrected chi connectivity index (χ4v) is 2.00. The molecule has 0 saturated carbocycles. The number of nitrogen functional groups attached to an aromatic ring is 1. The van der Waals surface area contributed by atoms with Gasteiger partial charge in [-0.2, -0.15) is 5.26 Å². The largest absolute Gasteiger partial charge is 0.456 e. The van der Waals surface area contributed by atoms with Gasteiger partial charge in [-0.25, -0.2) is 0 Å². The van der Waals surface area contributed by atoms with Crippen LogP contribution in [-0.2, 0) is 0 Å². The minimum absolute atomic E-state index is 0.472. The molecule has 0 amide bonds. The maximum absolute atomic E-state index is 9.12. The zero-order chi connectivity index (χ0) is 13.1. The van der Waals surface area contributed by atoms with E-state index in [1.807, 2.05) is 31.2 Å². The standard InChI is InChI=1S/C14H11BrN2O/c1-9-12(17)5-3-6-13(9)18-14-7-2-4-11(15)10(14)8-16/h2-7H,17H2,1H3. The molecule has 2 rings (SSSR count). The highest BCUT2D eigenvalue weighted by Gasteiger charge is 2.10. The third-order valence-electron chi connectivity index (χ3n) is 2.63. The summed E-state index contributed by atoms with van der Waals surface area (Å²) in [5.74, 6) is 1.17. The lowest BCUT2D eigenvalue weighted by Gasteiger charge is -2.11. The van der Waals surface area contributed by atoms with Gasteiger partial charge in [0.1, 0.15) is 23.1 Å². The van der Waals surface area contributed by atoms with E-state index in [1.54, 1.807) is 12.1 Å². The summed E-state index contributed by atoms with van der Waals surface area (Å²) >= 11 is 3.33. The Morgan fingerprint density at radius 3 is 2.56 bits per heavy atom. The van der Waals surface area contributed by atoms with E-state index in [4.69, 9.17) is 15.7 Å². The van der Waals surface area contributed by atoms with Gasteiger partial charge >= 0.3 is 0 Å². The van der Waals surface area contributed by atoms with Crippen LogP contribution in [0.4, 0.5) is 5.69 Å². The van der Waals surface area contributed by atoms with Gasteiger partial charge in [-0.05, 0) is 47.1 Å². The molecule has 90 valence electrons. The third-order valence-corrected chi connectivity index (χ3v) is 3.29. The Kier molecular flexibility index (Phi) is 3.54. The average Bonchev–Trinajstić information content (AvgIpc) is 2.35. The van der Waals surface area contributed by atoms with E-state index in [-0.39, 0.29) is 0 Å². The Bertz CT molecular complexity index is 632. The SMILES string of the molecule is Cc1c(N)cccc1Oc1cccc(Br)c1C#N. The van der Waals surface area contributed by atoms with E-state index in [0.29, 0.717) is 27.2 Å². The van der Waals surface area contributed by atoms with Crippen LogP contribution in [0, 0.1) is 18.3 Å². The summed E-state index contributed by atoms with van der Waals surface area (Å²) in [6.45, 7) is 1.88. The van der Waals surface area contributed by atoms with Gasteiger partial charge in [-0.1, -0.05) is 12.1 Å². The number of ether oxygens (including phenoxy) is 1. The van der Waals surface area contributed by atoms with Gasteiger partial charge in [0.25, 0.3) is 0 Å². The second kappa shape index (κ2) is 5.11. The topological polar surface area (TPSA) is 59.0 Å². The van der Waals surface area contributed by atoms with Crippen LogP contribution in [0.3, 0.4) is 0 Å². The molecule has 2 N–H and O–H groups in total. The normalized spacial score (nSPS) is 9.83. The fraction of sp³-hybridized carbons (Fsp3) is 0.0714. The second-order valence-corrected chi connectivity index (χ2v) is 4.65. The van der Waals surface area contributed by atoms with Crippen LogP contribution in [0.15, 0.2) is 40.9 Å². The highest BCUT2D eigenvalue weighted by Crippen LogP contribution is 2.32. The first-order chi connectivity index (χ1) is 8.63. The summed E-state index contributed by atoms with van der Waals surface area (Å²) in [5, 5.41) is 9.12. The summed E-state index contributed by atoms with van der Waals surface area (Å²) in [6, 6.07) is 13.0. The molecule has 0 unspecified atom stereocenters. The van der Waals surface area contributed by atoms with Crippen molar-refractivity contribution in [1.29, 1.82) is 5.26 Å². The number of hydrogen-bond donors (Lipinski definition) is 1. The molecule has 0 saturated heterocycles. The Morgan fingerprint density at radius 2 is 1.83 bits per heavy atom. The minimum Gasteiger partial charge on any atom is -0.456 e. The monoisotopic (exact) mass is 302 g/mol. The van der Waals surface area contributed by atoms with E-state index >= 15 is 0 Å². The summed E-state index contributed by atoms with van der Waals surface area (Å²) in [7, 11) is 0. The maximum atomic E-state index is 9.12. The number of nitriles is 1. The molecule has 2 aromatic rings. The van der Waals surface area contributed by atoms with Crippen molar-refractivity contribution in [2.24, 2.45) is 0 Å². The average molecular weight is 303 g/mol. The Hall–Kier alpha value is -1.99.